The lowest BCUT2D eigenvalue weighted by Gasteiger charge is -2.23. The van der Waals surface area contributed by atoms with Crippen LogP contribution in [0.5, 0.6) is 5.75 Å². The van der Waals surface area contributed by atoms with Crippen molar-refractivity contribution in [3.63, 3.8) is 0 Å². The SMILES string of the molecule is COc1ccc(C(C)=O)cc1N1C(=O)[C@@H]2[C@H](C1=O)[C@@H]1C=C[C@@H]2C1=C(c1ccccc1)c1ccccc1. The van der Waals surface area contributed by atoms with Gasteiger partial charge in [-0.15, -0.1) is 0 Å². The maximum Gasteiger partial charge on any atom is 0.238 e. The lowest BCUT2D eigenvalue weighted by molar-refractivity contribution is -0.123. The number of fused-ring (bicyclic) bond motifs is 5. The minimum Gasteiger partial charge on any atom is -0.495 e. The molecule has 2 aliphatic carbocycles. The van der Waals surface area contributed by atoms with Crippen LogP contribution in [0.2, 0.25) is 0 Å². The predicted molar refractivity (Wildman–Crippen MR) is 137 cm³/mol. The summed E-state index contributed by atoms with van der Waals surface area (Å²) in [6.45, 7) is 1.46. The molecule has 3 aromatic carbocycles. The van der Waals surface area contributed by atoms with E-state index in [0.717, 1.165) is 22.3 Å². The molecule has 0 N–H and O–H groups in total. The number of allylic oxidation sites excluding steroid dienone is 3. The van der Waals surface area contributed by atoms with E-state index in [2.05, 4.69) is 36.4 Å². The topological polar surface area (TPSA) is 63.7 Å². The van der Waals surface area contributed by atoms with E-state index in [1.54, 1.807) is 18.2 Å². The van der Waals surface area contributed by atoms with Crippen LogP contribution in [0.3, 0.4) is 0 Å². The van der Waals surface area contributed by atoms with Crippen molar-refractivity contribution >= 4 is 28.9 Å². The number of rotatable bonds is 5. The zero-order valence-corrected chi connectivity index (χ0v) is 20.0. The highest BCUT2D eigenvalue weighted by atomic mass is 16.5. The van der Waals surface area contributed by atoms with Gasteiger partial charge in [-0.3, -0.25) is 14.4 Å². The minimum atomic E-state index is -0.476. The first-order valence-corrected chi connectivity index (χ1v) is 12.1. The fourth-order valence-corrected chi connectivity index (χ4v) is 6.13. The molecule has 1 aliphatic heterocycles. The molecule has 1 saturated heterocycles. The van der Waals surface area contributed by atoms with Gasteiger partial charge in [-0.2, -0.15) is 0 Å². The minimum absolute atomic E-state index is 0.138. The summed E-state index contributed by atoms with van der Waals surface area (Å²) in [5.41, 5.74) is 5.14. The molecule has 36 heavy (non-hydrogen) atoms. The summed E-state index contributed by atoms with van der Waals surface area (Å²) in [6, 6.07) is 25.2. The number of hydrogen-bond acceptors (Lipinski definition) is 4. The van der Waals surface area contributed by atoms with Crippen LogP contribution in [0.25, 0.3) is 5.57 Å². The number of nitrogens with zero attached hydrogens (tertiary/aromatic N) is 1. The molecule has 2 bridgehead atoms. The molecule has 5 heteroatoms. The van der Waals surface area contributed by atoms with Crippen molar-refractivity contribution < 1.29 is 19.1 Å². The largest absolute Gasteiger partial charge is 0.495 e. The molecule has 2 fully saturated rings. The second kappa shape index (κ2) is 8.45. The van der Waals surface area contributed by atoms with E-state index in [1.165, 1.54) is 18.9 Å². The van der Waals surface area contributed by atoms with Crippen LogP contribution >= 0.6 is 0 Å². The van der Waals surface area contributed by atoms with Gasteiger partial charge in [0.25, 0.3) is 0 Å². The molecule has 2 amide bonds. The molecule has 6 rings (SSSR count). The standard InChI is InChI=1S/C31H25NO4/c1-18(33)21-13-16-25(36-2)24(17-21)32-30(34)28-22-14-15-23(29(28)31(32)35)27(22)26(19-9-5-3-6-10-19)20-11-7-4-8-12-20/h3-17,22-23,28-29H,1-2H3/t22-,23-,28-,29+/m1/s1. The van der Waals surface area contributed by atoms with E-state index >= 15 is 0 Å². The zero-order valence-electron chi connectivity index (χ0n) is 20.0. The highest BCUT2D eigenvalue weighted by Gasteiger charge is 2.62. The Balaban J connectivity index is 1.48. The summed E-state index contributed by atoms with van der Waals surface area (Å²) in [6.07, 6.45) is 4.18. The molecule has 3 aliphatic rings. The van der Waals surface area contributed by atoms with Crippen LogP contribution in [-0.2, 0) is 9.59 Å². The van der Waals surface area contributed by atoms with Crippen LogP contribution in [0.15, 0.2) is 96.6 Å². The fourth-order valence-electron chi connectivity index (χ4n) is 6.13. The van der Waals surface area contributed by atoms with Crippen molar-refractivity contribution in [2.45, 2.75) is 6.92 Å². The third kappa shape index (κ3) is 3.19. The maximum atomic E-state index is 13.9. The Morgan fingerprint density at radius 2 is 1.28 bits per heavy atom. The first-order valence-electron chi connectivity index (χ1n) is 12.1. The molecule has 178 valence electrons. The van der Waals surface area contributed by atoms with Crippen molar-refractivity contribution in [1.29, 1.82) is 0 Å². The molecule has 0 unspecified atom stereocenters. The van der Waals surface area contributed by atoms with E-state index in [-0.39, 0.29) is 29.4 Å². The molecular formula is C31H25NO4. The third-order valence-electron chi connectivity index (χ3n) is 7.66. The van der Waals surface area contributed by atoms with Gasteiger partial charge in [0.2, 0.25) is 11.8 Å². The number of ketones is 1. The average Bonchev–Trinajstić information content (AvgIpc) is 3.54. The lowest BCUT2D eigenvalue weighted by atomic mass is 9.85. The monoisotopic (exact) mass is 475 g/mol. The summed E-state index contributed by atoms with van der Waals surface area (Å²) in [7, 11) is 1.50. The zero-order chi connectivity index (χ0) is 25.0. The van der Waals surface area contributed by atoms with Gasteiger partial charge in [0.05, 0.1) is 24.6 Å². The van der Waals surface area contributed by atoms with Crippen LogP contribution in [0.1, 0.15) is 28.4 Å². The van der Waals surface area contributed by atoms with E-state index < -0.39 is 11.8 Å². The summed E-state index contributed by atoms with van der Waals surface area (Å²) in [5.74, 6) is -1.51. The number of hydrogen-bond donors (Lipinski definition) is 0. The highest BCUT2D eigenvalue weighted by molar-refractivity contribution is 6.24. The first kappa shape index (κ1) is 22.2. The Kier molecular flexibility index (Phi) is 5.22. The number of imide groups is 1. The van der Waals surface area contributed by atoms with Crippen molar-refractivity contribution in [3.8, 4) is 5.75 Å². The Labute approximate surface area is 209 Å². The van der Waals surface area contributed by atoms with Crippen LogP contribution in [0.4, 0.5) is 5.69 Å². The number of anilines is 1. The number of benzene rings is 3. The molecule has 5 nitrogen and oxygen atoms in total. The Morgan fingerprint density at radius 1 is 0.750 bits per heavy atom. The summed E-state index contributed by atoms with van der Waals surface area (Å²) in [5, 5.41) is 0. The molecule has 4 atom stereocenters. The summed E-state index contributed by atoms with van der Waals surface area (Å²) < 4.78 is 5.47. The average molecular weight is 476 g/mol. The number of ether oxygens (including phenoxy) is 1. The van der Waals surface area contributed by atoms with Gasteiger partial charge in [0, 0.05) is 17.4 Å². The van der Waals surface area contributed by atoms with E-state index in [0.29, 0.717) is 17.0 Å². The quantitative estimate of drug-likeness (QED) is 0.285. The highest BCUT2D eigenvalue weighted by Crippen LogP contribution is 2.59. The van der Waals surface area contributed by atoms with E-state index in [1.807, 2.05) is 36.4 Å². The van der Waals surface area contributed by atoms with Gasteiger partial charge in [0.1, 0.15) is 5.75 Å². The van der Waals surface area contributed by atoms with Crippen molar-refractivity contribution in [3.05, 3.63) is 113 Å². The Morgan fingerprint density at radius 3 is 1.75 bits per heavy atom. The molecule has 3 aromatic rings. The predicted octanol–water partition coefficient (Wildman–Crippen LogP) is 5.32. The third-order valence-corrected chi connectivity index (χ3v) is 7.66. The normalized spacial score (nSPS) is 23.8. The van der Waals surface area contributed by atoms with Gasteiger partial charge in [-0.05, 0) is 47.4 Å². The van der Waals surface area contributed by atoms with Gasteiger partial charge in [-0.25, -0.2) is 4.90 Å². The van der Waals surface area contributed by atoms with E-state index in [4.69, 9.17) is 4.74 Å². The molecule has 1 heterocycles. The van der Waals surface area contributed by atoms with Gasteiger partial charge >= 0.3 is 0 Å². The first-order chi connectivity index (χ1) is 17.5. The van der Waals surface area contributed by atoms with Crippen molar-refractivity contribution in [2.24, 2.45) is 23.7 Å². The Bertz CT molecular complexity index is 1380. The molecule has 0 spiro atoms. The molecular weight excluding hydrogens is 450 g/mol. The fraction of sp³-hybridized carbons (Fsp3) is 0.194. The molecule has 1 saturated carbocycles. The smallest absolute Gasteiger partial charge is 0.238 e. The van der Waals surface area contributed by atoms with Crippen LogP contribution < -0.4 is 9.64 Å². The lowest BCUT2D eigenvalue weighted by Crippen LogP contribution is -2.33. The second-order valence-electron chi connectivity index (χ2n) is 9.51. The van der Waals surface area contributed by atoms with Gasteiger partial charge in [-0.1, -0.05) is 72.8 Å². The molecule has 0 aromatic heterocycles. The molecule has 0 radical (unpaired) electrons. The Hall–Kier alpha value is -4.25. The number of carbonyl (C=O) groups excluding carboxylic acids is 3. The van der Waals surface area contributed by atoms with Crippen LogP contribution in [0, 0.1) is 23.7 Å². The van der Waals surface area contributed by atoms with Crippen molar-refractivity contribution in [1.82, 2.24) is 0 Å². The summed E-state index contributed by atoms with van der Waals surface area (Å²) in [4.78, 5) is 41.0. The number of amides is 2. The number of methoxy groups -OCH3 is 1. The summed E-state index contributed by atoms with van der Waals surface area (Å²) >= 11 is 0. The second-order valence-corrected chi connectivity index (χ2v) is 9.51. The maximum absolute atomic E-state index is 13.9. The van der Waals surface area contributed by atoms with Crippen LogP contribution in [-0.4, -0.2) is 24.7 Å². The van der Waals surface area contributed by atoms with Gasteiger partial charge < -0.3 is 4.74 Å². The number of Topliss-reactive ketones (excluding diaryl/α,β-unsaturated/α-hetero) is 1. The number of carbonyl (C=O) groups is 3. The van der Waals surface area contributed by atoms with Crippen molar-refractivity contribution in [2.75, 3.05) is 12.0 Å². The van der Waals surface area contributed by atoms with E-state index in [9.17, 15) is 14.4 Å². The van der Waals surface area contributed by atoms with Gasteiger partial charge in [0.15, 0.2) is 5.78 Å².